The lowest BCUT2D eigenvalue weighted by molar-refractivity contribution is 0.600. The summed E-state index contributed by atoms with van der Waals surface area (Å²) in [7, 11) is -3.22. The van der Waals surface area contributed by atoms with Gasteiger partial charge in [-0.05, 0) is 41.5 Å². The number of sulfonamides is 1. The Balaban J connectivity index is 2.33. The number of rotatable bonds is 4. The first kappa shape index (κ1) is 13.4. The van der Waals surface area contributed by atoms with E-state index in [2.05, 4.69) is 20.7 Å². The van der Waals surface area contributed by atoms with Gasteiger partial charge in [0.05, 0.1) is 5.75 Å². The van der Waals surface area contributed by atoms with Crippen molar-refractivity contribution < 1.29 is 8.42 Å². The summed E-state index contributed by atoms with van der Waals surface area (Å²) in [4.78, 5) is 0. The SMILES string of the molecule is CCCS(=O)(=O)Nc1ccc2cc(Br)ccc2c1. The summed E-state index contributed by atoms with van der Waals surface area (Å²) >= 11 is 3.41. The maximum atomic E-state index is 11.7. The van der Waals surface area contributed by atoms with Crippen LogP contribution in [0.15, 0.2) is 40.9 Å². The third kappa shape index (κ3) is 3.23. The third-order valence-corrected chi connectivity index (χ3v) is 4.53. The van der Waals surface area contributed by atoms with Crippen molar-refractivity contribution >= 4 is 42.4 Å². The summed E-state index contributed by atoms with van der Waals surface area (Å²) in [5.41, 5.74) is 0.610. The molecule has 0 aromatic heterocycles. The van der Waals surface area contributed by atoms with Crippen LogP contribution < -0.4 is 4.72 Å². The van der Waals surface area contributed by atoms with E-state index < -0.39 is 10.0 Å². The van der Waals surface area contributed by atoms with Gasteiger partial charge in [-0.15, -0.1) is 0 Å². The molecule has 1 N–H and O–H groups in total. The summed E-state index contributed by atoms with van der Waals surface area (Å²) < 4.78 is 26.9. The molecule has 0 saturated carbocycles. The minimum absolute atomic E-state index is 0.144. The first-order valence-electron chi connectivity index (χ1n) is 5.70. The molecule has 18 heavy (non-hydrogen) atoms. The Bertz CT molecular complexity index is 668. The molecule has 3 nitrogen and oxygen atoms in total. The second kappa shape index (κ2) is 5.28. The van der Waals surface area contributed by atoms with Gasteiger partial charge in [0.1, 0.15) is 0 Å². The van der Waals surface area contributed by atoms with Crippen LogP contribution in [0, 0.1) is 0 Å². The molecular formula is C13H14BrNO2S. The topological polar surface area (TPSA) is 46.2 Å². The first-order valence-corrected chi connectivity index (χ1v) is 8.14. The van der Waals surface area contributed by atoms with Crippen molar-refractivity contribution in [1.29, 1.82) is 0 Å². The minimum Gasteiger partial charge on any atom is -0.284 e. The van der Waals surface area contributed by atoms with Crippen molar-refractivity contribution in [3.63, 3.8) is 0 Å². The molecule has 2 aromatic rings. The molecule has 2 aromatic carbocycles. The molecule has 0 heterocycles. The van der Waals surface area contributed by atoms with Crippen LogP contribution in [-0.2, 0) is 10.0 Å². The molecular weight excluding hydrogens is 314 g/mol. The van der Waals surface area contributed by atoms with Gasteiger partial charge in [0.15, 0.2) is 0 Å². The molecule has 0 aliphatic rings. The highest BCUT2D eigenvalue weighted by molar-refractivity contribution is 9.10. The van der Waals surface area contributed by atoms with E-state index in [-0.39, 0.29) is 5.75 Å². The normalized spacial score (nSPS) is 11.7. The van der Waals surface area contributed by atoms with Crippen LogP contribution in [0.2, 0.25) is 0 Å². The average Bonchev–Trinajstić information content (AvgIpc) is 2.28. The first-order chi connectivity index (χ1) is 8.50. The van der Waals surface area contributed by atoms with Crippen molar-refractivity contribution in [1.82, 2.24) is 0 Å². The van der Waals surface area contributed by atoms with Crippen molar-refractivity contribution in [2.24, 2.45) is 0 Å². The van der Waals surface area contributed by atoms with Crippen molar-refractivity contribution in [2.45, 2.75) is 13.3 Å². The van der Waals surface area contributed by atoms with E-state index in [1.54, 1.807) is 6.07 Å². The Morgan fingerprint density at radius 2 is 1.78 bits per heavy atom. The van der Waals surface area contributed by atoms with Gasteiger partial charge in [-0.25, -0.2) is 8.42 Å². The van der Waals surface area contributed by atoms with Gasteiger partial charge in [-0.3, -0.25) is 4.72 Å². The van der Waals surface area contributed by atoms with E-state index in [1.807, 2.05) is 37.3 Å². The van der Waals surface area contributed by atoms with Crippen LogP contribution in [0.25, 0.3) is 10.8 Å². The van der Waals surface area contributed by atoms with Crippen LogP contribution in [-0.4, -0.2) is 14.2 Å². The molecule has 0 radical (unpaired) electrons. The monoisotopic (exact) mass is 327 g/mol. The van der Waals surface area contributed by atoms with Crippen molar-refractivity contribution in [3.05, 3.63) is 40.9 Å². The van der Waals surface area contributed by atoms with Gasteiger partial charge in [0, 0.05) is 10.2 Å². The van der Waals surface area contributed by atoms with Gasteiger partial charge < -0.3 is 0 Å². The molecule has 0 fully saturated rings. The van der Waals surface area contributed by atoms with Crippen LogP contribution in [0.3, 0.4) is 0 Å². The highest BCUT2D eigenvalue weighted by Gasteiger charge is 2.08. The molecule has 96 valence electrons. The maximum absolute atomic E-state index is 11.7. The molecule has 0 spiro atoms. The molecule has 0 saturated heterocycles. The molecule has 0 bridgehead atoms. The number of halogens is 1. The van der Waals surface area contributed by atoms with Crippen molar-refractivity contribution in [3.8, 4) is 0 Å². The summed E-state index contributed by atoms with van der Waals surface area (Å²) in [6.07, 6.45) is 0.607. The molecule has 0 unspecified atom stereocenters. The predicted molar refractivity (Wildman–Crippen MR) is 79.3 cm³/mol. The van der Waals surface area contributed by atoms with E-state index in [4.69, 9.17) is 0 Å². The lowest BCUT2D eigenvalue weighted by Crippen LogP contribution is -2.15. The molecule has 0 atom stereocenters. The summed E-state index contributed by atoms with van der Waals surface area (Å²) in [5.74, 6) is 0.144. The zero-order valence-corrected chi connectivity index (χ0v) is 12.4. The Morgan fingerprint density at radius 3 is 2.50 bits per heavy atom. The average molecular weight is 328 g/mol. The highest BCUT2D eigenvalue weighted by atomic mass is 79.9. The minimum atomic E-state index is -3.22. The zero-order valence-electron chi connectivity index (χ0n) is 9.98. The summed E-state index contributed by atoms with van der Waals surface area (Å²) in [6.45, 7) is 1.84. The number of hydrogen-bond acceptors (Lipinski definition) is 2. The van der Waals surface area contributed by atoms with Gasteiger partial charge in [0.25, 0.3) is 0 Å². The van der Waals surface area contributed by atoms with Gasteiger partial charge in [-0.2, -0.15) is 0 Å². The quantitative estimate of drug-likeness (QED) is 0.929. The van der Waals surface area contributed by atoms with Crippen molar-refractivity contribution in [2.75, 3.05) is 10.5 Å². The predicted octanol–water partition coefficient (Wildman–Crippen LogP) is 3.75. The summed E-state index contributed by atoms with van der Waals surface area (Å²) in [6, 6.07) is 11.4. The number of benzene rings is 2. The third-order valence-electron chi connectivity index (χ3n) is 2.55. The van der Waals surface area contributed by atoms with Gasteiger partial charge >= 0.3 is 0 Å². The lowest BCUT2D eigenvalue weighted by atomic mass is 10.1. The maximum Gasteiger partial charge on any atom is 0.232 e. The second-order valence-corrected chi connectivity index (χ2v) is 6.88. The zero-order chi connectivity index (χ0) is 13.2. The highest BCUT2D eigenvalue weighted by Crippen LogP contribution is 2.23. The molecule has 2 rings (SSSR count). The van der Waals surface area contributed by atoms with Gasteiger partial charge in [0.2, 0.25) is 10.0 Å². The fourth-order valence-corrected chi connectivity index (χ4v) is 3.28. The standard InChI is InChI=1S/C13H14BrNO2S/c1-2-7-18(16,17)15-13-6-4-10-8-12(14)5-3-11(10)9-13/h3-6,8-9,15H,2,7H2,1H3. The van der Waals surface area contributed by atoms with E-state index in [1.165, 1.54) is 0 Å². The lowest BCUT2D eigenvalue weighted by Gasteiger charge is -2.08. The number of nitrogens with one attached hydrogen (secondary N) is 1. The molecule has 5 heteroatoms. The second-order valence-electron chi connectivity index (χ2n) is 4.13. The number of hydrogen-bond donors (Lipinski definition) is 1. The van der Waals surface area contributed by atoms with Crippen LogP contribution in [0.5, 0.6) is 0 Å². The van der Waals surface area contributed by atoms with Gasteiger partial charge in [-0.1, -0.05) is 35.0 Å². The Labute approximate surface area is 115 Å². The summed E-state index contributed by atoms with van der Waals surface area (Å²) in [5, 5.41) is 2.08. The van der Waals surface area contributed by atoms with E-state index in [9.17, 15) is 8.42 Å². The molecule has 0 aliphatic carbocycles. The molecule has 0 aliphatic heterocycles. The number of anilines is 1. The number of fused-ring (bicyclic) bond motifs is 1. The molecule has 0 amide bonds. The van der Waals surface area contributed by atoms with E-state index >= 15 is 0 Å². The van der Waals surface area contributed by atoms with Crippen LogP contribution in [0.4, 0.5) is 5.69 Å². The fourth-order valence-electron chi connectivity index (χ4n) is 1.78. The fraction of sp³-hybridized carbons (Fsp3) is 0.231. The largest absolute Gasteiger partial charge is 0.284 e. The van der Waals surface area contributed by atoms with E-state index in [0.717, 1.165) is 15.2 Å². The Hall–Kier alpha value is -1.07. The van der Waals surface area contributed by atoms with E-state index in [0.29, 0.717) is 12.1 Å². The smallest absolute Gasteiger partial charge is 0.232 e. The van der Waals surface area contributed by atoms with Crippen LogP contribution in [0.1, 0.15) is 13.3 Å². The van der Waals surface area contributed by atoms with Crippen LogP contribution >= 0.6 is 15.9 Å². The Kier molecular flexibility index (Phi) is 3.92. The Morgan fingerprint density at radius 1 is 1.11 bits per heavy atom.